The number of carbonyl (C=O) groups excluding carboxylic acids is 2. The number of nitrogens with zero attached hydrogens (tertiary/aromatic N) is 1. The van der Waals surface area contributed by atoms with E-state index in [1.165, 1.54) is 6.92 Å². The molecule has 1 heterocycles. The minimum atomic E-state index is -1.81. The van der Waals surface area contributed by atoms with Gasteiger partial charge in [0.05, 0.1) is 18.8 Å². The van der Waals surface area contributed by atoms with Crippen LogP contribution in [0.15, 0.2) is 36.4 Å². The van der Waals surface area contributed by atoms with Gasteiger partial charge in [-0.1, -0.05) is 37.6 Å². The fourth-order valence-corrected chi connectivity index (χ4v) is 3.98. The molecular formula is C24H29NO4. The third-order valence-electron chi connectivity index (χ3n) is 5.41. The van der Waals surface area contributed by atoms with E-state index in [1.54, 1.807) is 4.90 Å². The number of hydrogen-bond donors (Lipinski definition) is 1. The summed E-state index contributed by atoms with van der Waals surface area (Å²) in [5.74, 6) is 0.141. The van der Waals surface area contributed by atoms with Crippen molar-refractivity contribution >= 4 is 17.4 Å². The number of ether oxygens (including phenoxy) is 1. The smallest absolute Gasteiger partial charge is 0.264 e. The number of benzene rings is 2. The average Bonchev–Trinajstić information content (AvgIpc) is 2.88. The zero-order valence-corrected chi connectivity index (χ0v) is 17.6. The number of aryl methyl sites for hydroxylation is 2. The van der Waals surface area contributed by atoms with E-state index in [0.717, 1.165) is 35.3 Å². The molecule has 1 N–H and O–H groups in total. The van der Waals surface area contributed by atoms with Crippen molar-refractivity contribution in [2.45, 2.75) is 59.1 Å². The zero-order valence-electron chi connectivity index (χ0n) is 17.6. The van der Waals surface area contributed by atoms with Gasteiger partial charge in [-0.15, -0.1) is 0 Å². The standard InChI is InChI=1S/C24H29NO4/c1-5-6-13-29-20-11-9-19(10-12-20)15-25-22-17(3)8-7-16(2)21(22)24(28,23(25)27)14-18(4)26/h7-12,28H,5-6,13-15H2,1-4H3. The molecule has 3 rings (SSSR count). The second-order valence-corrected chi connectivity index (χ2v) is 7.90. The van der Waals surface area contributed by atoms with E-state index < -0.39 is 11.5 Å². The van der Waals surface area contributed by atoms with Gasteiger partial charge in [0.1, 0.15) is 11.5 Å². The van der Waals surface area contributed by atoms with Crippen molar-refractivity contribution in [3.63, 3.8) is 0 Å². The van der Waals surface area contributed by atoms with Crippen LogP contribution in [0.2, 0.25) is 0 Å². The van der Waals surface area contributed by atoms with Crippen LogP contribution in [0.1, 0.15) is 55.4 Å². The van der Waals surface area contributed by atoms with Crippen molar-refractivity contribution < 1.29 is 19.4 Å². The van der Waals surface area contributed by atoms with Gasteiger partial charge in [0.25, 0.3) is 5.91 Å². The molecule has 0 radical (unpaired) electrons. The fourth-order valence-electron chi connectivity index (χ4n) is 3.98. The Balaban J connectivity index is 1.92. The van der Waals surface area contributed by atoms with Crippen molar-refractivity contribution in [2.24, 2.45) is 0 Å². The lowest BCUT2D eigenvalue weighted by molar-refractivity contribution is -0.141. The van der Waals surface area contributed by atoms with Gasteiger partial charge in [-0.2, -0.15) is 0 Å². The summed E-state index contributed by atoms with van der Waals surface area (Å²) in [4.78, 5) is 26.7. The summed E-state index contributed by atoms with van der Waals surface area (Å²) in [7, 11) is 0. The summed E-state index contributed by atoms with van der Waals surface area (Å²) in [5.41, 5.74) is 2.10. The van der Waals surface area contributed by atoms with Gasteiger partial charge in [0.15, 0.2) is 5.60 Å². The maximum Gasteiger partial charge on any atom is 0.264 e. The lowest BCUT2D eigenvalue weighted by Crippen LogP contribution is -2.41. The van der Waals surface area contributed by atoms with Crippen LogP contribution in [0, 0.1) is 13.8 Å². The van der Waals surface area contributed by atoms with Crippen LogP contribution < -0.4 is 9.64 Å². The van der Waals surface area contributed by atoms with E-state index >= 15 is 0 Å². The third-order valence-corrected chi connectivity index (χ3v) is 5.41. The summed E-state index contributed by atoms with van der Waals surface area (Å²) in [6.45, 7) is 8.31. The second kappa shape index (κ2) is 8.37. The summed E-state index contributed by atoms with van der Waals surface area (Å²) >= 11 is 0. The number of anilines is 1. The Morgan fingerprint density at radius 2 is 1.76 bits per heavy atom. The van der Waals surface area contributed by atoms with Gasteiger partial charge in [-0.3, -0.25) is 9.59 Å². The van der Waals surface area contributed by atoms with E-state index in [4.69, 9.17) is 4.74 Å². The summed E-state index contributed by atoms with van der Waals surface area (Å²) in [5, 5.41) is 11.3. The van der Waals surface area contributed by atoms with Gasteiger partial charge >= 0.3 is 0 Å². The predicted octanol–water partition coefficient (Wildman–Crippen LogP) is 4.20. The van der Waals surface area contributed by atoms with Crippen LogP contribution in [-0.2, 0) is 21.7 Å². The molecule has 0 aliphatic carbocycles. The molecule has 2 aromatic carbocycles. The number of unbranched alkanes of at least 4 members (excludes halogenated alkanes) is 1. The van der Waals surface area contributed by atoms with Crippen molar-refractivity contribution in [2.75, 3.05) is 11.5 Å². The highest BCUT2D eigenvalue weighted by Crippen LogP contribution is 2.46. The molecule has 1 unspecified atom stereocenters. The number of fused-ring (bicyclic) bond motifs is 1. The molecule has 0 saturated heterocycles. The minimum Gasteiger partial charge on any atom is -0.494 e. The van der Waals surface area contributed by atoms with E-state index in [2.05, 4.69) is 6.92 Å². The lowest BCUT2D eigenvalue weighted by Gasteiger charge is -2.23. The van der Waals surface area contributed by atoms with Crippen LogP contribution >= 0.6 is 0 Å². The monoisotopic (exact) mass is 395 g/mol. The van der Waals surface area contributed by atoms with Crippen LogP contribution in [0.3, 0.4) is 0 Å². The molecule has 154 valence electrons. The molecule has 0 saturated carbocycles. The number of rotatable bonds is 8. The number of aliphatic hydroxyl groups is 1. The van der Waals surface area contributed by atoms with E-state index in [9.17, 15) is 14.7 Å². The molecule has 1 aliphatic heterocycles. The van der Waals surface area contributed by atoms with Crippen LogP contribution in [0.4, 0.5) is 5.69 Å². The summed E-state index contributed by atoms with van der Waals surface area (Å²) in [6, 6.07) is 11.5. The topological polar surface area (TPSA) is 66.8 Å². The highest BCUT2D eigenvalue weighted by atomic mass is 16.5. The van der Waals surface area contributed by atoms with Gasteiger partial charge in [-0.05, 0) is 56.0 Å². The molecule has 1 atom stereocenters. The molecule has 0 bridgehead atoms. The number of hydrogen-bond acceptors (Lipinski definition) is 4. The molecule has 5 nitrogen and oxygen atoms in total. The Bertz CT molecular complexity index is 919. The summed E-state index contributed by atoms with van der Waals surface area (Å²) < 4.78 is 5.70. The largest absolute Gasteiger partial charge is 0.494 e. The second-order valence-electron chi connectivity index (χ2n) is 7.90. The normalized spacial score (nSPS) is 18.1. The van der Waals surface area contributed by atoms with Crippen molar-refractivity contribution in [3.8, 4) is 5.75 Å². The molecule has 1 aliphatic rings. The van der Waals surface area contributed by atoms with Crippen molar-refractivity contribution in [1.82, 2.24) is 0 Å². The van der Waals surface area contributed by atoms with E-state index in [0.29, 0.717) is 24.4 Å². The SMILES string of the molecule is CCCCOc1ccc(CN2C(=O)C(O)(CC(C)=O)c3c(C)ccc(C)c32)cc1. The maximum atomic E-state index is 13.3. The van der Waals surface area contributed by atoms with Gasteiger partial charge in [-0.25, -0.2) is 0 Å². The molecule has 29 heavy (non-hydrogen) atoms. The summed E-state index contributed by atoms with van der Waals surface area (Å²) in [6.07, 6.45) is 1.87. The number of Topliss-reactive ketones (excluding diaryl/α,β-unsaturated/α-hetero) is 1. The first-order chi connectivity index (χ1) is 13.8. The highest BCUT2D eigenvalue weighted by Gasteiger charge is 2.51. The third kappa shape index (κ3) is 4.06. The number of amides is 1. The predicted molar refractivity (Wildman–Crippen MR) is 113 cm³/mol. The molecule has 0 fully saturated rings. The first-order valence-electron chi connectivity index (χ1n) is 10.1. The Kier molecular flexibility index (Phi) is 6.08. The Labute approximate surface area is 172 Å². The van der Waals surface area contributed by atoms with Gasteiger partial charge in [0, 0.05) is 12.0 Å². The molecule has 5 heteroatoms. The Morgan fingerprint density at radius 3 is 2.38 bits per heavy atom. The zero-order chi connectivity index (χ0) is 21.2. The maximum absolute atomic E-state index is 13.3. The minimum absolute atomic E-state index is 0.218. The van der Waals surface area contributed by atoms with Gasteiger partial charge in [0.2, 0.25) is 0 Å². The molecule has 0 spiro atoms. The first-order valence-corrected chi connectivity index (χ1v) is 10.1. The van der Waals surface area contributed by atoms with E-state index in [-0.39, 0.29) is 12.2 Å². The highest BCUT2D eigenvalue weighted by molar-refractivity contribution is 6.09. The average molecular weight is 395 g/mol. The fraction of sp³-hybridized carbons (Fsp3) is 0.417. The Hall–Kier alpha value is -2.66. The number of carbonyl (C=O) groups is 2. The van der Waals surface area contributed by atoms with E-state index in [1.807, 2.05) is 50.2 Å². The first kappa shape index (κ1) is 21.1. The van der Waals surface area contributed by atoms with Gasteiger partial charge < -0.3 is 14.7 Å². The van der Waals surface area contributed by atoms with Crippen molar-refractivity contribution in [3.05, 3.63) is 58.7 Å². The molecule has 0 aromatic heterocycles. The molecular weight excluding hydrogens is 366 g/mol. The lowest BCUT2D eigenvalue weighted by atomic mass is 9.86. The van der Waals surface area contributed by atoms with Crippen LogP contribution in [0.25, 0.3) is 0 Å². The quantitative estimate of drug-likeness (QED) is 0.681. The number of ketones is 1. The van der Waals surface area contributed by atoms with Crippen LogP contribution in [-0.4, -0.2) is 23.4 Å². The Morgan fingerprint density at radius 1 is 1.10 bits per heavy atom. The molecule has 2 aromatic rings. The van der Waals surface area contributed by atoms with Crippen LogP contribution in [0.5, 0.6) is 5.75 Å². The van der Waals surface area contributed by atoms with Crippen molar-refractivity contribution in [1.29, 1.82) is 0 Å². The molecule has 1 amide bonds.